The number of rotatable bonds is 10. The van der Waals surface area contributed by atoms with E-state index in [1.54, 1.807) is 0 Å². The van der Waals surface area contributed by atoms with Gasteiger partial charge in [-0.3, -0.25) is 14.4 Å². The van der Waals surface area contributed by atoms with Gasteiger partial charge in [0.2, 0.25) is 17.7 Å². The summed E-state index contributed by atoms with van der Waals surface area (Å²) in [5.41, 5.74) is 1.85. The van der Waals surface area contributed by atoms with Crippen LogP contribution < -0.4 is 16.0 Å². The maximum atomic E-state index is 12.5. The Balaban J connectivity index is 1.88. The monoisotopic (exact) mass is 424 g/mol. The zero-order valence-electron chi connectivity index (χ0n) is 16.6. The van der Waals surface area contributed by atoms with Gasteiger partial charge in [0.1, 0.15) is 6.04 Å². The van der Waals surface area contributed by atoms with E-state index in [1.807, 2.05) is 66.7 Å². The van der Waals surface area contributed by atoms with E-state index in [0.717, 1.165) is 22.9 Å². The Hall–Kier alpha value is -3.31. The third-order valence-electron chi connectivity index (χ3n) is 4.10. The highest BCUT2D eigenvalue weighted by molar-refractivity contribution is 8.00. The van der Waals surface area contributed by atoms with Crippen LogP contribution in [-0.2, 0) is 27.5 Å². The fraction of sp³-hybridized carbons (Fsp3) is 0.273. The second-order valence-electron chi connectivity index (χ2n) is 6.50. The molecule has 0 heterocycles. The van der Waals surface area contributed by atoms with Gasteiger partial charge in [-0.05, 0) is 11.1 Å². The molecule has 0 fully saturated rings. The van der Waals surface area contributed by atoms with Crippen molar-refractivity contribution in [2.45, 2.75) is 31.3 Å². The average Bonchev–Trinajstić information content (AvgIpc) is 2.76. The smallest absolute Gasteiger partial charge is 0.247 e. The molecule has 30 heavy (non-hydrogen) atoms. The summed E-state index contributed by atoms with van der Waals surface area (Å²) in [6.07, 6.45) is 0. The quantitative estimate of drug-likeness (QED) is 0.538. The van der Waals surface area contributed by atoms with Crippen molar-refractivity contribution in [1.29, 1.82) is 5.26 Å². The van der Waals surface area contributed by atoms with Crippen LogP contribution in [0.4, 0.5) is 0 Å². The highest BCUT2D eigenvalue weighted by atomic mass is 32.2. The Kier molecular flexibility index (Phi) is 9.42. The van der Waals surface area contributed by atoms with Crippen molar-refractivity contribution in [3.05, 3.63) is 71.8 Å². The minimum absolute atomic E-state index is 0.0944. The number of hydrogen-bond donors (Lipinski definition) is 3. The molecule has 2 unspecified atom stereocenters. The molecule has 3 N–H and O–H groups in total. The van der Waals surface area contributed by atoms with E-state index in [2.05, 4.69) is 16.0 Å². The summed E-state index contributed by atoms with van der Waals surface area (Å²) >= 11 is 1.02. The number of amides is 3. The van der Waals surface area contributed by atoms with Crippen molar-refractivity contribution in [1.82, 2.24) is 16.0 Å². The lowest BCUT2D eigenvalue weighted by Crippen LogP contribution is -2.48. The summed E-state index contributed by atoms with van der Waals surface area (Å²) < 4.78 is 0. The van der Waals surface area contributed by atoms with Crippen LogP contribution in [0.3, 0.4) is 0 Å². The van der Waals surface area contributed by atoms with Crippen molar-refractivity contribution in [2.24, 2.45) is 0 Å². The Morgan fingerprint density at radius 3 is 1.87 bits per heavy atom. The molecule has 0 radical (unpaired) electrons. The van der Waals surface area contributed by atoms with Gasteiger partial charge in [0.25, 0.3) is 0 Å². The molecule has 3 amide bonds. The van der Waals surface area contributed by atoms with Gasteiger partial charge in [0.15, 0.2) is 5.25 Å². The van der Waals surface area contributed by atoms with E-state index in [-0.39, 0.29) is 17.6 Å². The summed E-state index contributed by atoms with van der Waals surface area (Å²) in [7, 11) is 0. The van der Waals surface area contributed by atoms with Crippen LogP contribution in [0.25, 0.3) is 0 Å². The molecule has 0 saturated carbocycles. The molecule has 0 saturated heterocycles. The van der Waals surface area contributed by atoms with Gasteiger partial charge in [-0.25, -0.2) is 0 Å². The molecule has 2 rings (SSSR count). The summed E-state index contributed by atoms with van der Waals surface area (Å²) in [5, 5.41) is 16.4. The molecule has 2 atom stereocenters. The number of thioether (sulfide) groups is 1. The molecule has 0 aliphatic heterocycles. The number of nitriles is 1. The predicted molar refractivity (Wildman–Crippen MR) is 116 cm³/mol. The fourth-order valence-electron chi connectivity index (χ4n) is 2.58. The normalized spacial score (nSPS) is 12.1. The zero-order valence-corrected chi connectivity index (χ0v) is 17.4. The van der Waals surface area contributed by atoms with Crippen molar-refractivity contribution in [3.8, 4) is 6.07 Å². The fourth-order valence-corrected chi connectivity index (χ4v) is 3.51. The van der Waals surface area contributed by atoms with E-state index in [9.17, 15) is 19.6 Å². The Morgan fingerprint density at radius 2 is 1.40 bits per heavy atom. The molecular weight excluding hydrogens is 400 g/mol. The van der Waals surface area contributed by atoms with Crippen LogP contribution in [0.2, 0.25) is 0 Å². The minimum atomic E-state index is -0.994. The first-order valence-corrected chi connectivity index (χ1v) is 10.5. The number of hydrogen-bond acceptors (Lipinski definition) is 5. The van der Waals surface area contributed by atoms with Crippen LogP contribution in [0, 0.1) is 11.3 Å². The second-order valence-corrected chi connectivity index (χ2v) is 7.64. The van der Waals surface area contributed by atoms with Crippen LogP contribution in [-0.4, -0.2) is 34.8 Å². The number of carbonyl (C=O) groups excluding carboxylic acids is 3. The zero-order chi connectivity index (χ0) is 21.8. The first-order valence-electron chi connectivity index (χ1n) is 9.41. The lowest BCUT2D eigenvalue weighted by atomic mass is 10.2. The maximum Gasteiger partial charge on any atom is 0.247 e. The lowest BCUT2D eigenvalue weighted by Gasteiger charge is -2.18. The highest BCUT2D eigenvalue weighted by Crippen LogP contribution is 2.13. The molecule has 8 heteroatoms. The summed E-state index contributed by atoms with van der Waals surface area (Å²) in [4.78, 5) is 36.3. The van der Waals surface area contributed by atoms with E-state index in [0.29, 0.717) is 13.1 Å². The summed E-state index contributed by atoms with van der Waals surface area (Å²) in [6.45, 7) is 1.95. The number of nitrogens with one attached hydrogen (secondary N) is 3. The SMILES string of the molecule is CC(=O)NC(CSC(C#N)C(=O)NCc1ccccc1)C(=O)NCc1ccccc1. The number of nitrogens with zero attached hydrogens (tertiary/aromatic N) is 1. The van der Waals surface area contributed by atoms with E-state index in [1.165, 1.54) is 6.92 Å². The molecule has 0 aliphatic rings. The van der Waals surface area contributed by atoms with Gasteiger partial charge < -0.3 is 16.0 Å². The van der Waals surface area contributed by atoms with Crippen LogP contribution >= 0.6 is 11.8 Å². The summed E-state index contributed by atoms with van der Waals surface area (Å²) in [6, 6.07) is 19.8. The van der Waals surface area contributed by atoms with Crippen molar-refractivity contribution in [2.75, 3.05) is 5.75 Å². The third-order valence-corrected chi connectivity index (χ3v) is 5.28. The van der Waals surface area contributed by atoms with Gasteiger partial charge in [0, 0.05) is 25.8 Å². The second kappa shape index (κ2) is 12.3. The lowest BCUT2D eigenvalue weighted by molar-refractivity contribution is -0.127. The van der Waals surface area contributed by atoms with Gasteiger partial charge >= 0.3 is 0 Å². The molecule has 0 aliphatic carbocycles. The van der Waals surface area contributed by atoms with Crippen molar-refractivity contribution in [3.63, 3.8) is 0 Å². The van der Waals surface area contributed by atoms with Gasteiger partial charge in [-0.1, -0.05) is 60.7 Å². The van der Waals surface area contributed by atoms with E-state index >= 15 is 0 Å². The Bertz CT molecular complexity index is 884. The molecule has 0 bridgehead atoms. The van der Waals surface area contributed by atoms with Crippen LogP contribution in [0.5, 0.6) is 0 Å². The minimum Gasteiger partial charge on any atom is -0.350 e. The standard InChI is InChI=1S/C22H24N4O3S/c1-16(27)26-19(21(28)24-13-17-8-4-2-5-9-17)15-30-20(12-23)22(29)25-14-18-10-6-3-7-11-18/h2-11,19-20H,13-15H2,1H3,(H,24,28)(H,25,29)(H,26,27). The Morgan fingerprint density at radius 1 is 0.900 bits per heavy atom. The molecule has 0 spiro atoms. The average molecular weight is 425 g/mol. The van der Waals surface area contributed by atoms with Gasteiger partial charge in [0.05, 0.1) is 6.07 Å². The van der Waals surface area contributed by atoms with E-state index < -0.39 is 17.2 Å². The first-order chi connectivity index (χ1) is 14.5. The van der Waals surface area contributed by atoms with E-state index in [4.69, 9.17) is 0 Å². The van der Waals surface area contributed by atoms with Gasteiger partial charge in [-0.15, -0.1) is 11.8 Å². The number of carbonyl (C=O) groups is 3. The van der Waals surface area contributed by atoms with Crippen LogP contribution in [0.15, 0.2) is 60.7 Å². The Labute approximate surface area is 180 Å². The van der Waals surface area contributed by atoms with Crippen molar-refractivity contribution < 1.29 is 14.4 Å². The summed E-state index contributed by atoms with van der Waals surface area (Å²) in [5.74, 6) is -1.07. The first kappa shape index (κ1) is 23.0. The topological polar surface area (TPSA) is 111 Å². The molecule has 2 aromatic rings. The van der Waals surface area contributed by atoms with Crippen molar-refractivity contribution >= 4 is 29.5 Å². The molecule has 2 aromatic carbocycles. The maximum absolute atomic E-state index is 12.5. The molecule has 7 nitrogen and oxygen atoms in total. The predicted octanol–water partition coefficient (Wildman–Crippen LogP) is 1.75. The number of benzene rings is 2. The molecule has 0 aromatic heterocycles. The van der Waals surface area contributed by atoms with Crippen LogP contribution in [0.1, 0.15) is 18.1 Å². The molecule has 156 valence electrons. The highest BCUT2D eigenvalue weighted by Gasteiger charge is 2.24. The van der Waals surface area contributed by atoms with Gasteiger partial charge in [-0.2, -0.15) is 5.26 Å². The molecular formula is C22H24N4O3S. The third kappa shape index (κ3) is 7.97. The largest absolute Gasteiger partial charge is 0.350 e.